The van der Waals surface area contributed by atoms with Crippen LogP contribution in [0, 0.1) is 5.41 Å². The van der Waals surface area contributed by atoms with Gasteiger partial charge in [0.25, 0.3) is 0 Å². The first-order valence-corrected chi connectivity index (χ1v) is 9.98. The number of carboxylic acids is 1. The van der Waals surface area contributed by atoms with E-state index in [9.17, 15) is 14.7 Å². The van der Waals surface area contributed by atoms with Crippen molar-refractivity contribution < 1.29 is 14.7 Å². The van der Waals surface area contributed by atoms with Gasteiger partial charge in [-0.2, -0.15) is 0 Å². The number of carboxylic acid groups (broad SMARTS) is 1. The van der Waals surface area contributed by atoms with Crippen molar-refractivity contribution in [1.82, 2.24) is 0 Å². The fraction of sp³-hybridized carbons (Fsp3) is 0.579. The molecule has 0 spiro atoms. The number of hydrogen-bond donors (Lipinski definition) is 2. The van der Waals surface area contributed by atoms with Crippen molar-refractivity contribution in [3.05, 3.63) is 29.8 Å². The summed E-state index contributed by atoms with van der Waals surface area (Å²) in [5.41, 5.74) is 6.38. The minimum absolute atomic E-state index is 0.102. The Morgan fingerprint density at radius 2 is 1.81 bits per heavy atom. The normalized spacial score (nSPS) is 22.8. The molecule has 0 aromatic heterocycles. The molecule has 0 aliphatic heterocycles. The number of anilines is 1. The van der Waals surface area contributed by atoms with E-state index in [1.807, 2.05) is 24.3 Å². The number of nitrogens with two attached hydrogens (primary N) is 1. The van der Waals surface area contributed by atoms with Crippen LogP contribution < -0.4 is 10.6 Å². The Bertz CT molecular complexity index is 618. The van der Waals surface area contributed by atoms with Crippen LogP contribution in [0.15, 0.2) is 24.3 Å². The molecule has 1 fully saturated rings. The predicted molar refractivity (Wildman–Crippen MR) is 105 cm³/mol. The summed E-state index contributed by atoms with van der Waals surface area (Å²) >= 11 is 11.7. The highest BCUT2D eigenvalue weighted by Gasteiger charge is 2.47. The average molecular weight is 401 g/mol. The lowest BCUT2D eigenvalue weighted by molar-refractivity contribution is -0.157. The molecule has 2 unspecified atom stereocenters. The van der Waals surface area contributed by atoms with E-state index in [1.54, 1.807) is 0 Å². The Morgan fingerprint density at radius 3 is 2.31 bits per heavy atom. The third kappa shape index (κ3) is 4.90. The largest absolute Gasteiger partial charge is 0.480 e. The first-order valence-electron chi connectivity index (χ1n) is 8.91. The second-order valence-electron chi connectivity index (χ2n) is 6.88. The summed E-state index contributed by atoms with van der Waals surface area (Å²) < 4.78 is 0. The number of carbonyl (C=O) groups is 2. The molecule has 1 aromatic rings. The SMILES string of the molecule is NC1CCCC(C(=O)O)(C(=O)Cc2ccc(N(CCCl)CCCl)cc2)C1. The zero-order valence-electron chi connectivity index (χ0n) is 14.8. The van der Waals surface area contributed by atoms with Crippen LogP contribution in [0.5, 0.6) is 0 Å². The Hall–Kier alpha value is -1.30. The van der Waals surface area contributed by atoms with Crippen molar-refractivity contribution in [3.8, 4) is 0 Å². The molecule has 3 N–H and O–H groups in total. The summed E-state index contributed by atoms with van der Waals surface area (Å²) in [6, 6.07) is 7.33. The molecule has 2 rings (SSSR count). The van der Waals surface area contributed by atoms with Gasteiger partial charge in [-0.25, -0.2) is 0 Å². The van der Waals surface area contributed by atoms with Crippen LogP contribution in [0.2, 0.25) is 0 Å². The molecule has 144 valence electrons. The second-order valence-corrected chi connectivity index (χ2v) is 7.63. The molecule has 0 saturated heterocycles. The highest BCUT2D eigenvalue weighted by molar-refractivity contribution is 6.18. The van der Waals surface area contributed by atoms with Gasteiger partial charge < -0.3 is 15.7 Å². The van der Waals surface area contributed by atoms with Crippen molar-refractivity contribution in [1.29, 1.82) is 0 Å². The molecule has 2 atom stereocenters. The van der Waals surface area contributed by atoms with E-state index in [2.05, 4.69) is 4.90 Å². The van der Waals surface area contributed by atoms with Crippen LogP contribution in [-0.2, 0) is 16.0 Å². The number of benzene rings is 1. The van der Waals surface area contributed by atoms with Gasteiger partial charge in [-0.15, -0.1) is 23.2 Å². The van der Waals surface area contributed by atoms with Crippen molar-refractivity contribution in [3.63, 3.8) is 0 Å². The molecule has 0 amide bonds. The monoisotopic (exact) mass is 400 g/mol. The first kappa shape index (κ1) is 21.0. The highest BCUT2D eigenvalue weighted by Crippen LogP contribution is 2.38. The molecular formula is C19H26Cl2N2O3. The van der Waals surface area contributed by atoms with Gasteiger partial charge in [-0.1, -0.05) is 18.6 Å². The molecule has 1 aromatic carbocycles. The Labute approximate surface area is 164 Å². The number of ketones is 1. The van der Waals surface area contributed by atoms with E-state index in [0.717, 1.165) is 17.7 Å². The Kier molecular flexibility index (Phi) is 7.74. The van der Waals surface area contributed by atoms with Crippen LogP contribution >= 0.6 is 23.2 Å². The van der Waals surface area contributed by atoms with Crippen LogP contribution in [0.1, 0.15) is 31.2 Å². The van der Waals surface area contributed by atoms with E-state index < -0.39 is 11.4 Å². The number of aliphatic carboxylic acids is 1. The number of carbonyl (C=O) groups excluding carboxylic acids is 1. The van der Waals surface area contributed by atoms with Crippen LogP contribution in [0.4, 0.5) is 5.69 Å². The summed E-state index contributed by atoms with van der Waals surface area (Å²) in [5.74, 6) is -0.312. The topological polar surface area (TPSA) is 83.6 Å². The zero-order valence-corrected chi connectivity index (χ0v) is 16.3. The lowest BCUT2D eigenvalue weighted by atomic mass is 9.68. The molecule has 0 bridgehead atoms. The number of nitrogens with zero attached hydrogens (tertiary/aromatic N) is 1. The first-order chi connectivity index (χ1) is 12.4. The van der Waals surface area contributed by atoms with Gasteiger partial charge >= 0.3 is 5.97 Å². The number of rotatable bonds is 9. The minimum Gasteiger partial charge on any atom is -0.480 e. The quantitative estimate of drug-likeness (QED) is 0.491. The number of Topliss-reactive ketones (excluding diaryl/α,β-unsaturated/α-hetero) is 1. The van der Waals surface area contributed by atoms with E-state index >= 15 is 0 Å². The third-order valence-corrected chi connectivity index (χ3v) is 5.45. The smallest absolute Gasteiger partial charge is 0.317 e. The van der Waals surface area contributed by atoms with Gasteiger partial charge in [-0.3, -0.25) is 9.59 Å². The van der Waals surface area contributed by atoms with E-state index in [-0.39, 0.29) is 24.7 Å². The van der Waals surface area contributed by atoms with Gasteiger partial charge in [0.2, 0.25) is 0 Å². The Morgan fingerprint density at radius 1 is 1.19 bits per heavy atom. The molecule has 1 aliphatic carbocycles. The van der Waals surface area contributed by atoms with Gasteiger partial charge in [0.1, 0.15) is 5.41 Å². The lowest BCUT2D eigenvalue weighted by Crippen LogP contribution is -2.47. The molecule has 0 radical (unpaired) electrons. The lowest BCUT2D eigenvalue weighted by Gasteiger charge is -2.35. The summed E-state index contributed by atoms with van der Waals surface area (Å²) in [7, 11) is 0. The fourth-order valence-corrected chi connectivity index (χ4v) is 4.05. The molecule has 5 nitrogen and oxygen atoms in total. The molecule has 7 heteroatoms. The maximum atomic E-state index is 12.8. The summed E-state index contributed by atoms with van der Waals surface area (Å²) in [6.07, 6.45) is 2.13. The summed E-state index contributed by atoms with van der Waals surface area (Å²) in [5, 5.41) is 9.68. The predicted octanol–water partition coefficient (Wildman–Crippen LogP) is 3.05. The number of halogens is 2. The Balaban J connectivity index is 2.11. The van der Waals surface area contributed by atoms with Gasteiger partial charge in [0, 0.05) is 43.0 Å². The van der Waals surface area contributed by atoms with E-state index in [4.69, 9.17) is 28.9 Å². The van der Waals surface area contributed by atoms with Crippen molar-refractivity contribution in [2.24, 2.45) is 11.1 Å². The summed E-state index contributed by atoms with van der Waals surface area (Å²) in [6.45, 7) is 1.37. The highest BCUT2D eigenvalue weighted by atomic mass is 35.5. The molecule has 26 heavy (non-hydrogen) atoms. The van der Waals surface area contributed by atoms with E-state index in [0.29, 0.717) is 37.7 Å². The molecule has 1 saturated carbocycles. The summed E-state index contributed by atoms with van der Waals surface area (Å²) in [4.78, 5) is 26.7. The maximum absolute atomic E-state index is 12.8. The van der Waals surface area contributed by atoms with Crippen LogP contribution in [0.25, 0.3) is 0 Å². The fourth-order valence-electron chi connectivity index (χ4n) is 3.64. The third-order valence-electron chi connectivity index (χ3n) is 5.11. The molecule has 1 aliphatic rings. The van der Waals surface area contributed by atoms with Crippen LogP contribution in [-0.4, -0.2) is 47.8 Å². The second kappa shape index (κ2) is 9.58. The maximum Gasteiger partial charge on any atom is 0.317 e. The van der Waals surface area contributed by atoms with Gasteiger partial charge in [0.05, 0.1) is 0 Å². The minimum atomic E-state index is -1.35. The number of hydrogen-bond acceptors (Lipinski definition) is 4. The van der Waals surface area contributed by atoms with E-state index in [1.165, 1.54) is 0 Å². The van der Waals surface area contributed by atoms with Gasteiger partial charge in [-0.05, 0) is 37.0 Å². The van der Waals surface area contributed by atoms with Crippen LogP contribution in [0.3, 0.4) is 0 Å². The average Bonchev–Trinajstić information content (AvgIpc) is 2.62. The van der Waals surface area contributed by atoms with Crippen molar-refractivity contribution in [2.75, 3.05) is 29.7 Å². The van der Waals surface area contributed by atoms with Gasteiger partial charge in [0.15, 0.2) is 5.78 Å². The zero-order chi connectivity index (χ0) is 19.2. The molecular weight excluding hydrogens is 375 g/mol. The standard InChI is InChI=1S/C19H26Cl2N2O3/c20-8-10-23(11-9-21)16-5-3-14(4-6-16)12-17(24)19(18(25)26)7-1-2-15(22)13-19/h3-6,15H,1-2,7-13,22H2,(H,25,26). The van der Waals surface area contributed by atoms with Crippen molar-refractivity contribution in [2.45, 2.75) is 38.1 Å². The number of alkyl halides is 2. The van der Waals surface area contributed by atoms with Crippen molar-refractivity contribution >= 4 is 40.6 Å². The molecule has 0 heterocycles.